The fraction of sp³-hybridized carbons (Fsp3) is 0. The first kappa shape index (κ1) is 56.1. The van der Waals surface area contributed by atoms with Crippen LogP contribution in [0.1, 0.15) is 0 Å². The van der Waals surface area contributed by atoms with Gasteiger partial charge < -0.3 is 0 Å². The van der Waals surface area contributed by atoms with Crippen LogP contribution < -0.4 is 0 Å². The molecule has 276 valence electrons. The molecule has 0 aromatic carbocycles. The Balaban J connectivity index is 6.06. The molecular weight excluding hydrogens is 1480 g/mol. The molecule has 0 unspecified atom stereocenters. The summed E-state index contributed by atoms with van der Waals surface area (Å²) in [4.78, 5) is 0. The number of rotatable bonds is 0. The van der Waals surface area contributed by atoms with Crippen LogP contribution in [-0.4, -0.2) is 0 Å². The number of hydrogen-bond acceptors (Lipinski definition) is 2. The molecule has 0 saturated heterocycles. The molecular formula is S46. The molecule has 0 aliphatic rings. The molecule has 0 aromatic heterocycles. The van der Waals surface area contributed by atoms with Crippen molar-refractivity contribution in [1.82, 2.24) is 0 Å². The molecule has 0 amide bonds. The highest BCUT2D eigenvalue weighted by Gasteiger charge is 1.45. The molecule has 0 aliphatic carbocycles. The van der Waals surface area contributed by atoms with Gasteiger partial charge in [0.15, 0.2) is 0 Å². The van der Waals surface area contributed by atoms with Crippen LogP contribution in [-0.2, 0) is 413 Å². The van der Waals surface area contributed by atoms with E-state index < -0.39 is 0 Å². The predicted molar refractivity (Wildman–Crippen MR) is 339 cm³/mol. The minimum Gasteiger partial charge on any atom is 0 e. The normalized spacial score (nSPS) is 7.74. The summed E-state index contributed by atoms with van der Waals surface area (Å²) in [5.41, 5.74) is 0. The zero-order chi connectivity index (χ0) is 33.1. The van der Waals surface area contributed by atoms with Gasteiger partial charge in [0.2, 0.25) is 0 Å². The Kier molecular flexibility index (Phi) is 67.2. The maximum Gasteiger partial charge on any atom is 0 e. The Labute approximate surface area is 401 Å². The van der Waals surface area contributed by atoms with Crippen LogP contribution in [0.15, 0.2) is 0 Å². The molecule has 0 spiro atoms. The van der Waals surface area contributed by atoms with E-state index in [4.69, 9.17) is 22.4 Å². The Morgan fingerprint density at radius 1 is 0.109 bits per heavy atom. The van der Waals surface area contributed by atoms with E-state index >= 15 is 0 Å². The van der Waals surface area contributed by atoms with Gasteiger partial charge in [0.1, 0.15) is 0 Å². The molecule has 0 radical (unpaired) electrons. The molecule has 0 bridgehead atoms. The van der Waals surface area contributed by atoms with Crippen molar-refractivity contribution in [3.8, 4) is 0 Å². The monoisotopic (exact) mass is 1470 g/mol. The first-order valence-corrected chi connectivity index (χ1v) is 67.5. The minimum atomic E-state index is 1.37. The smallest absolute Gasteiger partial charge is 0 e. The molecule has 0 atom stereocenters. The highest BCUT2D eigenvalue weighted by Crippen LogP contribution is 1.45. The Morgan fingerprint density at radius 3 is 0.239 bits per heavy atom. The molecule has 0 aromatic rings. The summed E-state index contributed by atoms with van der Waals surface area (Å²) in [6.45, 7) is 0. The van der Waals surface area contributed by atoms with Crippen molar-refractivity contribution in [1.29, 1.82) is 0 Å². The summed E-state index contributed by atoms with van der Waals surface area (Å²) in [5.74, 6) is 0. The molecule has 0 nitrogen and oxygen atoms in total. The average Bonchev–Trinajstić information content (AvgIpc) is 3.07. The zero-order valence-corrected chi connectivity index (χ0v) is 56.3. The molecule has 0 fully saturated rings. The van der Waals surface area contributed by atoms with Gasteiger partial charge in [-0.2, -0.15) is 0 Å². The van der Waals surface area contributed by atoms with Gasteiger partial charge in [-0.1, -0.05) is 0 Å². The van der Waals surface area contributed by atoms with Crippen LogP contribution >= 0.6 is 0 Å². The molecule has 0 N–H and O–H groups in total. The summed E-state index contributed by atoms with van der Waals surface area (Å²) >= 11 is 9.62. The van der Waals surface area contributed by atoms with Gasteiger partial charge in [-0.05, 0) is 0 Å². The highest BCUT2D eigenvalue weighted by molar-refractivity contribution is 8.81. The van der Waals surface area contributed by atoms with Crippen molar-refractivity contribution in [2.45, 2.75) is 0 Å². The summed E-state index contributed by atoms with van der Waals surface area (Å²) in [5, 5.41) is 0. The van der Waals surface area contributed by atoms with E-state index in [9.17, 15) is 0 Å². The second kappa shape index (κ2) is 55.1. The van der Waals surface area contributed by atoms with Crippen LogP contribution in [0.5, 0.6) is 0 Å². The highest BCUT2D eigenvalue weighted by atomic mass is 33.5. The van der Waals surface area contributed by atoms with E-state index in [0.717, 1.165) is 0 Å². The average molecular weight is 1480 g/mol. The van der Waals surface area contributed by atoms with Gasteiger partial charge >= 0.3 is 0 Å². The van der Waals surface area contributed by atoms with E-state index in [-0.39, 0.29) is 0 Å². The fourth-order valence-electron chi connectivity index (χ4n) is 0.476. The fourth-order valence-corrected chi connectivity index (χ4v) is 116. The molecule has 0 heterocycles. The first-order chi connectivity index (χ1) is 22.9. The van der Waals surface area contributed by atoms with Crippen LogP contribution in [0.25, 0.3) is 0 Å². The van der Waals surface area contributed by atoms with Crippen LogP contribution in [0.2, 0.25) is 0 Å². The topological polar surface area (TPSA) is 0 Å². The van der Waals surface area contributed by atoms with Gasteiger partial charge in [0.05, 0.1) is 0 Å². The van der Waals surface area contributed by atoms with Gasteiger partial charge in [-0.25, -0.2) is 0 Å². The molecule has 0 rings (SSSR count). The van der Waals surface area contributed by atoms with Gasteiger partial charge in [-0.15, -0.1) is 0 Å². The lowest BCUT2D eigenvalue weighted by atomic mass is 30.7. The van der Waals surface area contributed by atoms with Gasteiger partial charge in [-0.3, -0.25) is 0 Å². The Morgan fingerprint density at radius 2 is 0.174 bits per heavy atom. The molecule has 46 heteroatoms. The Hall–Kier alpha value is 10.1. The Bertz CT molecular complexity index is 2870. The second-order valence-corrected chi connectivity index (χ2v) is 80.8. The van der Waals surface area contributed by atoms with Crippen LogP contribution in [0, 0.1) is 0 Å². The zero-order valence-electron chi connectivity index (χ0n) is 18.8. The van der Waals surface area contributed by atoms with Gasteiger partial charge in [0, 0.05) is 413 Å². The maximum absolute atomic E-state index is 4.81. The summed E-state index contributed by atoms with van der Waals surface area (Å²) in [6, 6.07) is 0. The van der Waals surface area contributed by atoms with E-state index in [1.807, 2.05) is 266 Å². The van der Waals surface area contributed by atoms with E-state index in [2.05, 4.69) is 0 Å². The minimum absolute atomic E-state index is 1.37. The third kappa shape index (κ3) is 54.1. The van der Waals surface area contributed by atoms with E-state index in [1.54, 1.807) is 107 Å². The molecule has 46 heavy (non-hydrogen) atoms. The van der Waals surface area contributed by atoms with Gasteiger partial charge in [0.25, 0.3) is 0 Å². The van der Waals surface area contributed by atoms with Crippen molar-refractivity contribution >= 4 is 413 Å². The maximum atomic E-state index is 4.81. The quantitative estimate of drug-likeness (QED) is 0.333. The standard InChI is InChI=1S/S46/c1-3-5-7-9-11-13-15-17-19-21-23-25-27-29-31-33-35-37-39-41-43-45-46-44-42-40-38-36-34-32-30-28-26-24-22-20-18-16-14-12-10-8-6-4-2. The predicted octanol–water partition coefficient (Wildman–Crippen LogP) is -0.110. The van der Waals surface area contributed by atoms with Crippen molar-refractivity contribution in [2.24, 2.45) is 0 Å². The van der Waals surface area contributed by atoms with E-state index in [0.29, 0.717) is 0 Å². The molecule has 0 saturated carbocycles. The van der Waals surface area contributed by atoms with Crippen molar-refractivity contribution in [2.75, 3.05) is 0 Å². The SMILES string of the molecule is S=S=S=S=S=S=S=S=S=S=S=S=S=S=S=S=S=S=S=S=S=S=S=S=S=S=S=S=S=S=S=S=S=S=S=S=S=S=S=S=S=S=S=S=S=S. The lowest BCUT2D eigenvalue weighted by Gasteiger charge is -1.41. The van der Waals surface area contributed by atoms with E-state index in [1.165, 1.54) is 17.8 Å². The largest absolute Gasteiger partial charge is 0 e. The summed E-state index contributed by atoms with van der Waals surface area (Å²) in [7, 11) is 78.4. The summed E-state index contributed by atoms with van der Waals surface area (Å²) in [6.07, 6.45) is 0. The van der Waals surface area contributed by atoms with Crippen molar-refractivity contribution in [3.05, 3.63) is 0 Å². The third-order valence-corrected chi connectivity index (χ3v) is 96.7. The number of hydrogen-bond donors (Lipinski definition) is 0. The third-order valence-electron chi connectivity index (χ3n) is 1.19. The lowest BCUT2D eigenvalue weighted by molar-refractivity contribution is 5.95. The van der Waals surface area contributed by atoms with Crippen LogP contribution in [0.3, 0.4) is 0 Å². The lowest BCUT2D eigenvalue weighted by Crippen LogP contribution is -1.41. The van der Waals surface area contributed by atoms with Crippen molar-refractivity contribution < 1.29 is 0 Å². The van der Waals surface area contributed by atoms with Crippen molar-refractivity contribution in [3.63, 3.8) is 0 Å². The van der Waals surface area contributed by atoms with Crippen LogP contribution in [0.4, 0.5) is 0 Å². The summed E-state index contributed by atoms with van der Waals surface area (Å²) < 4.78 is 0. The first-order valence-electron chi connectivity index (χ1n) is 7.50. The molecule has 0 aliphatic heterocycles. The second-order valence-electron chi connectivity index (χ2n) is 2.99.